The van der Waals surface area contributed by atoms with Crippen molar-refractivity contribution in [2.75, 3.05) is 0 Å². The van der Waals surface area contributed by atoms with Crippen molar-refractivity contribution < 1.29 is 24.0 Å². The Kier molecular flexibility index (Phi) is 5.35. The van der Waals surface area contributed by atoms with Crippen LogP contribution in [0.5, 0.6) is 0 Å². The molecule has 122 valence electrons. The zero-order valence-electron chi connectivity index (χ0n) is 12.9. The molecule has 0 radical (unpaired) electrons. The number of alkyl carbamates (subject to hydrolysis) is 1. The Morgan fingerprint density at radius 2 is 2.00 bits per heavy atom. The smallest absolute Gasteiger partial charge is 0.407 e. The third-order valence-electron chi connectivity index (χ3n) is 3.32. The molecule has 0 saturated carbocycles. The molecule has 0 aliphatic heterocycles. The molecule has 0 saturated heterocycles. The summed E-state index contributed by atoms with van der Waals surface area (Å²) in [6.45, 7) is 3.47. The minimum atomic E-state index is -1.04. The number of rotatable bonds is 6. The van der Waals surface area contributed by atoms with Gasteiger partial charge < -0.3 is 19.7 Å². The normalized spacial score (nSPS) is 11.7. The average Bonchev–Trinajstić information content (AvgIpc) is 2.84. The quantitative estimate of drug-likeness (QED) is 0.849. The van der Waals surface area contributed by atoms with E-state index in [1.165, 1.54) is 0 Å². The lowest BCUT2D eigenvalue weighted by atomic mass is 10.0. The van der Waals surface area contributed by atoms with Gasteiger partial charge in [0.05, 0.1) is 18.2 Å². The number of carboxylic acid groups (broad SMARTS) is 1. The largest absolute Gasteiger partial charge is 0.481 e. The van der Waals surface area contributed by atoms with Crippen LogP contribution in [-0.2, 0) is 16.1 Å². The van der Waals surface area contributed by atoms with Gasteiger partial charge in [-0.3, -0.25) is 4.79 Å². The van der Waals surface area contributed by atoms with Crippen LogP contribution in [0.25, 0.3) is 0 Å². The summed E-state index contributed by atoms with van der Waals surface area (Å²) in [5.41, 5.74) is 1.94. The molecule has 7 heteroatoms. The number of benzene rings is 1. The molecule has 1 aromatic heterocycles. The number of amides is 1. The first-order valence-corrected chi connectivity index (χ1v) is 7.09. The second-order valence-electron chi connectivity index (χ2n) is 5.09. The summed E-state index contributed by atoms with van der Waals surface area (Å²) in [5, 5.41) is 15.4. The summed E-state index contributed by atoms with van der Waals surface area (Å²) < 4.78 is 10.2. The Bertz CT molecular complexity index is 662. The molecule has 0 spiro atoms. The van der Waals surface area contributed by atoms with Crippen molar-refractivity contribution in [2.24, 2.45) is 0 Å². The molecule has 0 unspecified atom stereocenters. The number of carboxylic acids is 1. The summed E-state index contributed by atoms with van der Waals surface area (Å²) in [6, 6.07) is 8.44. The Morgan fingerprint density at radius 1 is 1.30 bits per heavy atom. The van der Waals surface area contributed by atoms with Gasteiger partial charge in [-0.1, -0.05) is 35.5 Å². The maximum absolute atomic E-state index is 11.9. The summed E-state index contributed by atoms with van der Waals surface area (Å²) in [5.74, 6) is -0.574. The number of hydrogen-bond acceptors (Lipinski definition) is 5. The predicted molar refractivity (Wildman–Crippen MR) is 80.7 cm³/mol. The number of aliphatic carboxylic acids is 1. The molecular formula is C16H18N2O5. The molecule has 2 rings (SSSR count). The highest BCUT2D eigenvalue weighted by Crippen LogP contribution is 2.24. The van der Waals surface area contributed by atoms with Gasteiger partial charge in [-0.15, -0.1) is 0 Å². The molecule has 1 aromatic carbocycles. The lowest BCUT2D eigenvalue weighted by molar-refractivity contribution is -0.137. The van der Waals surface area contributed by atoms with Crippen molar-refractivity contribution in [2.45, 2.75) is 32.9 Å². The second kappa shape index (κ2) is 7.44. The van der Waals surface area contributed by atoms with Crippen LogP contribution in [0.15, 0.2) is 34.9 Å². The molecule has 1 heterocycles. The van der Waals surface area contributed by atoms with Crippen molar-refractivity contribution in [1.82, 2.24) is 10.5 Å². The Hall–Kier alpha value is -2.83. The van der Waals surface area contributed by atoms with Gasteiger partial charge in [0.1, 0.15) is 12.4 Å². The van der Waals surface area contributed by atoms with Crippen molar-refractivity contribution in [1.29, 1.82) is 0 Å². The third kappa shape index (κ3) is 4.57. The highest BCUT2D eigenvalue weighted by molar-refractivity contribution is 5.72. The van der Waals surface area contributed by atoms with Crippen molar-refractivity contribution in [3.05, 3.63) is 52.9 Å². The van der Waals surface area contributed by atoms with E-state index in [0.29, 0.717) is 17.0 Å². The lowest BCUT2D eigenvalue weighted by Crippen LogP contribution is -2.31. The molecule has 1 atom stereocenters. The van der Waals surface area contributed by atoms with Crippen molar-refractivity contribution >= 4 is 12.1 Å². The predicted octanol–water partition coefficient (Wildman–Crippen LogP) is 2.73. The van der Waals surface area contributed by atoms with Crippen LogP contribution in [0.2, 0.25) is 0 Å². The molecule has 0 aliphatic carbocycles. The number of aromatic nitrogens is 1. The van der Waals surface area contributed by atoms with E-state index < -0.39 is 18.1 Å². The van der Waals surface area contributed by atoms with Gasteiger partial charge >= 0.3 is 12.1 Å². The van der Waals surface area contributed by atoms with Crippen LogP contribution >= 0.6 is 0 Å². The highest BCUT2D eigenvalue weighted by Gasteiger charge is 2.25. The standard InChI is InChI=1S/C16H18N2O5/c1-10-15(11(2)23-18-10)13(8-14(19)20)17-16(21)22-9-12-6-4-3-5-7-12/h3-7,13H,8-9H2,1-2H3,(H,17,21)(H,19,20)/t13-/m1/s1. The molecule has 2 N–H and O–H groups in total. The van der Waals surface area contributed by atoms with Crippen molar-refractivity contribution in [3.63, 3.8) is 0 Å². The number of carbonyl (C=O) groups is 2. The molecule has 0 fully saturated rings. The fourth-order valence-corrected chi connectivity index (χ4v) is 2.29. The fraction of sp³-hybridized carbons (Fsp3) is 0.312. The van der Waals surface area contributed by atoms with Crippen LogP contribution in [-0.4, -0.2) is 22.3 Å². The number of carbonyl (C=O) groups excluding carboxylic acids is 1. The minimum absolute atomic E-state index is 0.105. The van der Waals surface area contributed by atoms with Crippen LogP contribution < -0.4 is 5.32 Å². The van der Waals surface area contributed by atoms with Crippen LogP contribution in [0, 0.1) is 13.8 Å². The van der Waals surface area contributed by atoms with Crippen LogP contribution in [0.1, 0.15) is 35.0 Å². The number of hydrogen-bond donors (Lipinski definition) is 2. The van der Waals surface area contributed by atoms with E-state index in [-0.39, 0.29) is 13.0 Å². The third-order valence-corrected chi connectivity index (χ3v) is 3.32. The summed E-state index contributed by atoms with van der Waals surface area (Å²) >= 11 is 0. The topological polar surface area (TPSA) is 102 Å². The van der Waals surface area contributed by atoms with Gasteiger partial charge in [-0.2, -0.15) is 0 Å². The van der Waals surface area contributed by atoms with Gasteiger partial charge in [0.15, 0.2) is 0 Å². The number of nitrogens with zero attached hydrogens (tertiary/aromatic N) is 1. The van der Waals surface area contributed by atoms with Gasteiger partial charge in [0, 0.05) is 5.56 Å². The Morgan fingerprint density at radius 3 is 2.57 bits per heavy atom. The zero-order valence-corrected chi connectivity index (χ0v) is 12.9. The van der Waals surface area contributed by atoms with E-state index in [1.54, 1.807) is 13.8 Å². The molecule has 0 bridgehead atoms. The highest BCUT2D eigenvalue weighted by atomic mass is 16.5. The first-order chi connectivity index (χ1) is 11.0. The molecule has 1 amide bonds. The van der Waals surface area contributed by atoms with E-state index in [2.05, 4.69) is 10.5 Å². The number of ether oxygens (including phenoxy) is 1. The van der Waals surface area contributed by atoms with E-state index in [0.717, 1.165) is 5.56 Å². The summed E-state index contributed by atoms with van der Waals surface area (Å²) in [6.07, 6.45) is -0.983. The van der Waals surface area contributed by atoms with Gasteiger partial charge in [0.2, 0.25) is 0 Å². The molecule has 23 heavy (non-hydrogen) atoms. The maximum atomic E-state index is 11.9. The maximum Gasteiger partial charge on any atom is 0.407 e. The first-order valence-electron chi connectivity index (χ1n) is 7.09. The second-order valence-corrected chi connectivity index (χ2v) is 5.09. The van der Waals surface area contributed by atoms with Crippen molar-refractivity contribution in [3.8, 4) is 0 Å². The first kappa shape index (κ1) is 16.5. The molecule has 7 nitrogen and oxygen atoms in total. The zero-order chi connectivity index (χ0) is 16.8. The molecule has 0 aliphatic rings. The number of nitrogens with one attached hydrogen (secondary N) is 1. The minimum Gasteiger partial charge on any atom is -0.481 e. The van der Waals surface area contributed by atoms with Crippen LogP contribution in [0.4, 0.5) is 4.79 Å². The SMILES string of the molecule is Cc1noc(C)c1[C@@H](CC(=O)O)NC(=O)OCc1ccccc1. The van der Waals surface area contributed by atoms with Gasteiger partial charge in [-0.25, -0.2) is 4.79 Å². The summed E-state index contributed by atoms with van der Waals surface area (Å²) in [4.78, 5) is 23.0. The monoisotopic (exact) mass is 318 g/mol. The van der Waals surface area contributed by atoms with E-state index in [1.807, 2.05) is 30.3 Å². The molecular weight excluding hydrogens is 300 g/mol. The molecule has 2 aromatic rings. The van der Waals surface area contributed by atoms with E-state index in [4.69, 9.17) is 14.4 Å². The Balaban J connectivity index is 2.03. The van der Waals surface area contributed by atoms with E-state index in [9.17, 15) is 9.59 Å². The van der Waals surface area contributed by atoms with Crippen LogP contribution in [0.3, 0.4) is 0 Å². The van der Waals surface area contributed by atoms with E-state index >= 15 is 0 Å². The average molecular weight is 318 g/mol. The lowest BCUT2D eigenvalue weighted by Gasteiger charge is -2.16. The van der Waals surface area contributed by atoms with Gasteiger partial charge in [-0.05, 0) is 19.4 Å². The Labute approximate surface area is 133 Å². The fourth-order valence-electron chi connectivity index (χ4n) is 2.29. The number of aryl methyl sites for hydroxylation is 2. The van der Waals surface area contributed by atoms with Gasteiger partial charge in [0.25, 0.3) is 0 Å². The summed E-state index contributed by atoms with van der Waals surface area (Å²) in [7, 11) is 0.